The van der Waals surface area contributed by atoms with Gasteiger partial charge in [0.25, 0.3) is 0 Å². The summed E-state index contributed by atoms with van der Waals surface area (Å²) in [4.78, 5) is 26.5. The van der Waals surface area contributed by atoms with Crippen LogP contribution in [-0.2, 0) is 16.1 Å². The summed E-state index contributed by atoms with van der Waals surface area (Å²) in [5.41, 5.74) is 0.619. The SMILES string of the molecule is CCC(C(=O)Nc1ccc(F)cc1F)N1C(=O)CCn2nc(C)cc21. The maximum absolute atomic E-state index is 13.8. The van der Waals surface area contributed by atoms with Gasteiger partial charge in [0.2, 0.25) is 11.8 Å². The van der Waals surface area contributed by atoms with E-state index in [-0.39, 0.29) is 18.0 Å². The highest BCUT2D eigenvalue weighted by molar-refractivity contribution is 6.05. The van der Waals surface area contributed by atoms with E-state index in [2.05, 4.69) is 10.4 Å². The standard InChI is InChI=1S/C17H18F2N4O2/c1-3-14(17(25)20-13-5-4-11(18)9-12(13)19)23-15-8-10(2)21-22(15)7-6-16(23)24/h4-5,8-9,14H,3,6-7H2,1-2H3,(H,20,25). The Morgan fingerprint density at radius 2 is 2.12 bits per heavy atom. The van der Waals surface area contributed by atoms with Crippen molar-refractivity contribution in [2.75, 3.05) is 10.2 Å². The minimum atomic E-state index is -0.867. The number of halogens is 2. The number of carbonyl (C=O) groups excluding carboxylic acids is 2. The monoisotopic (exact) mass is 348 g/mol. The summed E-state index contributed by atoms with van der Waals surface area (Å²) >= 11 is 0. The largest absolute Gasteiger partial charge is 0.322 e. The van der Waals surface area contributed by atoms with E-state index in [1.807, 2.05) is 6.92 Å². The van der Waals surface area contributed by atoms with Gasteiger partial charge in [0.1, 0.15) is 23.5 Å². The lowest BCUT2D eigenvalue weighted by Gasteiger charge is -2.33. The Balaban J connectivity index is 1.88. The molecule has 8 heteroatoms. The fraction of sp³-hybridized carbons (Fsp3) is 0.353. The highest BCUT2D eigenvalue weighted by Crippen LogP contribution is 2.27. The molecule has 0 aliphatic carbocycles. The summed E-state index contributed by atoms with van der Waals surface area (Å²) in [6, 6.07) is 3.84. The molecule has 132 valence electrons. The van der Waals surface area contributed by atoms with Crippen LogP contribution in [0.4, 0.5) is 20.3 Å². The van der Waals surface area contributed by atoms with Crippen molar-refractivity contribution in [1.82, 2.24) is 9.78 Å². The average Bonchev–Trinajstić information content (AvgIpc) is 2.93. The van der Waals surface area contributed by atoms with Crippen LogP contribution in [0, 0.1) is 18.6 Å². The van der Waals surface area contributed by atoms with E-state index in [1.165, 1.54) is 4.90 Å². The lowest BCUT2D eigenvalue weighted by molar-refractivity contribution is -0.124. The molecule has 0 saturated carbocycles. The molecule has 0 saturated heterocycles. The van der Waals surface area contributed by atoms with Crippen molar-refractivity contribution in [3.8, 4) is 0 Å². The van der Waals surface area contributed by atoms with E-state index >= 15 is 0 Å². The number of hydrogen-bond donors (Lipinski definition) is 1. The number of aromatic nitrogens is 2. The fourth-order valence-electron chi connectivity index (χ4n) is 2.97. The molecule has 1 N–H and O–H groups in total. The number of rotatable bonds is 4. The first-order valence-electron chi connectivity index (χ1n) is 8.03. The second-order valence-electron chi connectivity index (χ2n) is 5.92. The Hall–Kier alpha value is -2.77. The highest BCUT2D eigenvalue weighted by atomic mass is 19.1. The van der Waals surface area contributed by atoms with Gasteiger partial charge in [-0.15, -0.1) is 0 Å². The third-order valence-electron chi connectivity index (χ3n) is 4.12. The van der Waals surface area contributed by atoms with Crippen LogP contribution in [0.25, 0.3) is 0 Å². The van der Waals surface area contributed by atoms with Crippen LogP contribution in [-0.4, -0.2) is 27.6 Å². The highest BCUT2D eigenvalue weighted by Gasteiger charge is 2.35. The number of fused-ring (bicyclic) bond motifs is 1. The van der Waals surface area contributed by atoms with Gasteiger partial charge in [-0.1, -0.05) is 6.92 Å². The molecule has 1 aliphatic rings. The molecule has 1 unspecified atom stereocenters. The lowest BCUT2D eigenvalue weighted by atomic mass is 10.1. The molecule has 3 rings (SSSR count). The van der Waals surface area contributed by atoms with Gasteiger partial charge in [-0.05, 0) is 25.5 Å². The zero-order valence-electron chi connectivity index (χ0n) is 13.9. The van der Waals surface area contributed by atoms with Gasteiger partial charge in [-0.3, -0.25) is 14.5 Å². The third kappa shape index (κ3) is 3.24. The number of benzene rings is 1. The molecule has 25 heavy (non-hydrogen) atoms. The molecule has 1 atom stereocenters. The quantitative estimate of drug-likeness (QED) is 0.924. The van der Waals surface area contributed by atoms with Crippen molar-refractivity contribution in [3.63, 3.8) is 0 Å². The van der Waals surface area contributed by atoms with Crippen LogP contribution in [0.15, 0.2) is 24.3 Å². The average molecular weight is 348 g/mol. The number of anilines is 2. The summed E-state index contributed by atoms with van der Waals surface area (Å²) < 4.78 is 28.5. The molecular weight excluding hydrogens is 330 g/mol. The molecule has 0 fully saturated rings. The minimum Gasteiger partial charge on any atom is -0.322 e. The van der Waals surface area contributed by atoms with Crippen LogP contribution in [0.1, 0.15) is 25.5 Å². The van der Waals surface area contributed by atoms with Gasteiger partial charge in [-0.2, -0.15) is 5.10 Å². The molecule has 1 aromatic heterocycles. The zero-order valence-corrected chi connectivity index (χ0v) is 13.9. The van der Waals surface area contributed by atoms with Gasteiger partial charge in [-0.25, -0.2) is 13.5 Å². The van der Waals surface area contributed by atoms with Gasteiger partial charge in [0.05, 0.1) is 17.9 Å². The summed E-state index contributed by atoms with van der Waals surface area (Å²) in [5, 5.41) is 6.75. The Morgan fingerprint density at radius 3 is 2.80 bits per heavy atom. The third-order valence-corrected chi connectivity index (χ3v) is 4.12. The minimum absolute atomic E-state index is 0.126. The van der Waals surface area contributed by atoms with Crippen molar-refractivity contribution >= 4 is 23.3 Å². The van der Waals surface area contributed by atoms with Crippen LogP contribution < -0.4 is 10.2 Å². The molecule has 6 nitrogen and oxygen atoms in total. The van der Waals surface area contributed by atoms with E-state index < -0.39 is 23.6 Å². The van der Waals surface area contributed by atoms with Gasteiger partial charge < -0.3 is 5.32 Å². The predicted molar refractivity (Wildman–Crippen MR) is 88.1 cm³/mol. The smallest absolute Gasteiger partial charge is 0.247 e. The molecular formula is C17H18F2N4O2. The van der Waals surface area contributed by atoms with E-state index in [1.54, 1.807) is 17.7 Å². The van der Waals surface area contributed by atoms with E-state index in [0.717, 1.165) is 17.8 Å². The Kier molecular flexibility index (Phi) is 4.52. The number of hydrogen-bond acceptors (Lipinski definition) is 3. The van der Waals surface area contributed by atoms with Crippen molar-refractivity contribution < 1.29 is 18.4 Å². The normalized spacial score (nSPS) is 15.0. The first-order valence-corrected chi connectivity index (χ1v) is 8.03. The van der Waals surface area contributed by atoms with Crippen LogP contribution in [0.5, 0.6) is 0 Å². The number of carbonyl (C=O) groups is 2. The first-order chi connectivity index (χ1) is 11.9. The molecule has 0 radical (unpaired) electrons. The van der Waals surface area contributed by atoms with E-state index in [4.69, 9.17) is 0 Å². The van der Waals surface area contributed by atoms with Crippen LogP contribution >= 0.6 is 0 Å². The van der Waals surface area contributed by atoms with Crippen LogP contribution in [0.2, 0.25) is 0 Å². The molecule has 2 heterocycles. The zero-order chi connectivity index (χ0) is 18.1. The summed E-state index contributed by atoms with van der Waals surface area (Å²) in [5.74, 6) is -1.76. The maximum atomic E-state index is 13.8. The number of aryl methyl sites for hydroxylation is 2. The van der Waals surface area contributed by atoms with Gasteiger partial charge in [0, 0.05) is 18.6 Å². The second-order valence-corrected chi connectivity index (χ2v) is 5.92. The molecule has 2 amide bonds. The van der Waals surface area contributed by atoms with Crippen molar-refractivity contribution in [2.24, 2.45) is 0 Å². The number of nitrogens with one attached hydrogen (secondary N) is 1. The fourth-order valence-corrected chi connectivity index (χ4v) is 2.97. The lowest BCUT2D eigenvalue weighted by Crippen LogP contribution is -2.50. The summed E-state index contributed by atoms with van der Waals surface area (Å²) in [6.45, 7) is 4.03. The first kappa shape index (κ1) is 17.1. The molecule has 0 spiro atoms. The predicted octanol–water partition coefficient (Wildman–Crippen LogP) is 2.62. The molecule has 2 aromatic rings. The second kappa shape index (κ2) is 6.62. The Bertz CT molecular complexity index is 834. The maximum Gasteiger partial charge on any atom is 0.247 e. The van der Waals surface area contributed by atoms with Crippen molar-refractivity contribution in [2.45, 2.75) is 39.3 Å². The van der Waals surface area contributed by atoms with Crippen LogP contribution in [0.3, 0.4) is 0 Å². The van der Waals surface area contributed by atoms with Gasteiger partial charge in [0.15, 0.2) is 0 Å². The molecule has 0 bridgehead atoms. The number of amides is 2. The Morgan fingerprint density at radius 1 is 1.36 bits per heavy atom. The van der Waals surface area contributed by atoms with Gasteiger partial charge >= 0.3 is 0 Å². The topological polar surface area (TPSA) is 67.2 Å². The van der Waals surface area contributed by atoms with E-state index in [0.29, 0.717) is 24.8 Å². The van der Waals surface area contributed by atoms with E-state index in [9.17, 15) is 18.4 Å². The summed E-state index contributed by atoms with van der Waals surface area (Å²) in [7, 11) is 0. The molecule has 1 aromatic carbocycles. The summed E-state index contributed by atoms with van der Waals surface area (Å²) in [6.07, 6.45) is 0.577. The van der Waals surface area contributed by atoms with Crippen molar-refractivity contribution in [3.05, 3.63) is 41.6 Å². The number of nitrogens with zero attached hydrogens (tertiary/aromatic N) is 3. The Labute approximate surface area is 143 Å². The molecule has 1 aliphatic heterocycles. The van der Waals surface area contributed by atoms with Crippen molar-refractivity contribution in [1.29, 1.82) is 0 Å².